The fourth-order valence-corrected chi connectivity index (χ4v) is 3.15. The number of thiazole rings is 1. The molecule has 2 heterocycles. The summed E-state index contributed by atoms with van der Waals surface area (Å²) in [5.41, 5.74) is 0.887. The van der Waals surface area contributed by atoms with Crippen molar-refractivity contribution >= 4 is 39.9 Å². The number of halogens is 1. The molecule has 0 unspecified atom stereocenters. The van der Waals surface area contributed by atoms with Gasteiger partial charge < -0.3 is 10.2 Å². The number of hydrogen-bond donors (Lipinski definition) is 1. The van der Waals surface area contributed by atoms with Gasteiger partial charge in [-0.1, -0.05) is 29.8 Å². The molecule has 1 aliphatic heterocycles. The summed E-state index contributed by atoms with van der Waals surface area (Å²) < 4.78 is 0. The van der Waals surface area contributed by atoms with Crippen LogP contribution in [0.2, 0.25) is 5.02 Å². The molecule has 5 nitrogen and oxygen atoms in total. The number of nitrogens with zero attached hydrogens (tertiary/aromatic N) is 2. The highest BCUT2D eigenvalue weighted by Gasteiger charge is 2.34. The van der Waals surface area contributed by atoms with E-state index in [1.807, 2.05) is 18.2 Å². The van der Waals surface area contributed by atoms with E-state index in [1.165, 1.54) is 11.3 Å². The van der Waals surface area contributed by atoms with Gasteiger partial charge in [0, 0.05) is 36.1 Å². The summed E-state index contributed by atoms with van der Waals surface area (Å²) in [6.45, 7) is 0.834. The third-order valence-corrected chi connectivity index (χ3v) is 4.62. The van der Waals surface area contributed by atoms with Crippen LogP contribution in [-0.4, -0.2) is 28.2 Å². The van der Waals surface area contributed by atoms with Crippen LogP contribution in [0.5, 0.6) is 0 Å². The Morgan fingerprint density at radius 3 is 3.00 bits per heavy atom. The van der Waals surface area contributed by atoms with Crippen LogP contribution in [0.3, 0.4) is 0 Å². The third kappa shape index (κ3) is 3.28. The molecule has 22 heavy (non-hydrogen) atoms. The quantitative estimate of drug-likeness (QED) is 0.934. The number of likely N-dealkylation sites (tertiary alicyclic amines) is 1. The second-order valence-electron chi connectivity index (χ2n) is 5.09. The van der Waals surface area contributed by atoms with E-state index in [-0.39, 0.29) is 24.2 Å². The van der Waals surface area contributed by atoms with Gasteiger partial charge in [0.1, 0.15) is 0 Å². The average molecular weight is 336 g/mol. The molecule has 1 fully saturated rings. The number of benzene rings is 1. The summed E-state index contributed by atoms with van der Waals surface area (Å²) in [5, 5.41) is 5.72. The van der Waals surface area contributed by atoms with Gasteiger partial charge in [0.05, 0.1) is 5.92 Å². The van der Waals surface area contributed by atoms with Crippen molar-refractivity contribution in [2.24, 2.45) is 5.92 Å². The minimum absolute atomic E-state index is 0.0285. The molecule has 0 saturated carbocycles. The molecule has 1 N–H and O–H groups in total. The number of amides is 2. The molecule has 0 radical (unpaired) electrons. The standard InChI is InChI=1S/C15H14ClN3O2S/c16-12-4-2-1-3-10(12)8-19-9-11(7-13(19)20)14(21)18-15-17-5-6-22-15/h1-6,11H,7-9H2,(H,17,18,21)/t11-/m1/s1. The summed E-state index contributed by atoms with van der Waals surface area (Å²) >= 11 is 7.48. The number of aromatic nitrogens is 1. The van der Waals surface area contributed by atoms with E-state index in [0.717, 1.165) is 5.56 Å². The first kappa shape index (κ1) is 15.0. The lowest BCUT2D eigenvalue weighted by molar-refractivity contribution is -0.128. The number of nitrogens with one attached hydrogen (secondary N) is 1. The molecular weight excluding hydrogens is 322 g/mol. The molecule has 0 spiro atoms. The van der Waals surface area contributed by atoms with Crippen molar-refractivity contribution in [1.82, 2.24) is 9.88 Å². The molecular formula is C15H14ClN3O2S. The Hall–Kier alpha value is -1.92. The number of rotatable bonds is 4. The second kappa shape index (κ2) is 6.46. The summed E-state index contributed by atoms with van der Waals surface area (Å²) in [6, 6.07) is 7.42. The smallest absolute Gasteiger partial charge is 0.231 e. The maximum Gasteiger partial charge on any atom is 0.231 e. The Balaban J connectivity index is 1.63. The van der Waals surface area contributed by atoms with Crippen LogP contribution >= 0.6 is 22.9 Å². The predicted octanol–water partition coefficient (Wildman–Crippen LogP) is 2.78. The minimum Gasteiger partial charge on any atom is -0.337 e. The van der Waals surface area contributed by atoms with Crippen molar-refractivity contribution < 1.29 is 9.59 Å². The van der Waals surface area contributed by atoms with Crippen molar-refractivity contribution in [2.75, 3.05) is 11.9 Å². The van der Waals surface area contributed by atoms with Crippen LogP contribution in [0.25, 0.3) is 0 Å². The fraction of sp³-hybridized carbons (Fsp3) is 0.267. The zero-order valence-corrected chi connectivity index (χ0v) is 13.2. The van der Waals surface area contributed by atoms with Gasteiger partial charge in [-0.25, -0.2) is 4.98 Å². The molecule has 2 aromatic rings. The van der Waals surface area contributed by atoms with Crippen LogP contribution in [0.4, 0.5) is 5.13 Å². The van der Waals surface area contributed by atoms with Crippen molar-refractivity contribution in [1.29, 1.82) is 0 Å². The van der Waals surface area contributed by atoms with Gasteiger partial charge in [-0.2, -0.15) is 0 Å². The molecule has 1 saturated heterocycles. The summed E-state index contributed by atoms with van der Waals surface area (Å²) in [6.07, 6.45) is 1.85. The SMILES string of the molecule is O=C(Nc1nccs1)[C@@H]1CC(=O)N(Cc2ccccc2Cl)C1. The summed E-state index contributed by atoms with van der Waals surface area (Å²) in [7, 11) is 0. The monoisotopic (exact) mass is 335 g/mol. The first-order valence-corrected chi connectivity index (χ1v) is 8.11. The van der Waals surface area contributed by atoms with E-state index in [9.17, 15) is 9.59 Å². The number of carbonyl (C=O) groups excluding carboxylic acids is 2. The largest absolute Gasteiger partial charge is 0.337 e. The maximum atomic E-state index is 12.2. The Bertz CT molecular complexity index is 690. The predicted molar refractivity (Wildman–Crippen MR) is 85.7 cm³/mol. The fourth-order valence-electron chi connectivity index (χ4n) is 2.43. The van der Waals surface area contributed by atoms with Crippen LogP contribution in [0.15, 0.2) is 35.8 Å². The minimum atomic E-state index is -0.348. The number of hydrogen-bond acceptors (Lipinski definition) is 4. The molecule has 7 heteroatoms. The lowest BCUT2D eigenvalue weighted by Crippen LogP contribution is -2.28. The van der Waals surface area contributed by atoms with Crippen LogP contribution in [-0.2, 0) is 16.1 Å². The van der Waals surface area contributed by atoms with E-state index in [1.54, 1.807) is 22.5 Å². The molecule has 114 valence electrons. The molecule has 1 aromatic carbocycles. The van der Waals surface area contributed by atoms with Gasteiger partial charge in [-0.05, 0) is 11.6 Å². The van der Waals surface area contributed by atoms with E-state index < -0.39 is 0 Å². The molecule has 0 aliphatic carbocycles. The Kier molecular flexibility index (Phi) is 4.40. The first-order chi connectivity index (χ1) is 10.6. The van der Waals surface area contributed by atoms with Crippen LogP contribution in [0.1, 0.15) is 12.0 Å². The number of carbonyl (C=O) groups is 2. The van der Waals surface area contributed by atoms with Gasteiger partial charge in [0.15, 0.2) is 5.13 Å². The van der Waals surface area contributed by atoms with Gasteiger partial charge in [0.25, 0.3) is 0 Å². The summed E-state index contributed by atoms with van der Waals surface area (Å²) in [4.78, 5) is 30.0. The third-order valence-electron chi connectivity index (χ3n) is 3.57. The Morgan fingerprint density at radius 2 is 2.27 bits per heavy atom. The van der Waals surface area contributed by atoms with Gasteiger partial charge in [-0.15, -0.1) is 11.3 Å². The normalized spacial score (nSPS) is 17.8. The Labute approximate surface area is 136 Å². The molecule has 1 aliphatic rings. The highest BCUT2D eigenvalue weighted by Crippen LogP contribution is 2.24. The zero-order chi connectivity index (χ0) is 15.5. The summed E-state index contributed by atoms with van der Waals surface area (Å²) in [5.74, 6) is -0.539. The van der Waals surface area contributed by atoms with Crippen LogP contribution < -0.4 is 5.32 Å². The van der Waals surface area contributed by atoms with Crippen molar-refractivity contribution in [3.63, 3.8) is 0 Å². The molecule has 2 amide bonds. The van der Waals surface area contributed by atoms with E-state index >= 15 is 0 Å². The van der Waals surface area contributed by atoms with E-state index in [2.05, 4.69) is 10.3 Å². The molecule has 1 atom stereocenters. The zero-order valence-electron chi connectivity index (χ0n) is 11.7. The Morgan fingerprint density at radius 1 is 1.45 bits per heavy atom. The molecule has 1 aromatic heterocycles. The van der Waals surface area contributed by atoms with Crippen molar-refractivity contribution in [3.8, 4) is 0 Å². The van der Waals surface area contributed by atoms with Crippen molar-refractivity contribution in [3.05, 3.63) is 46.4 Å². The van der Waals surface area contributed by atoms with Crippen molar-refractivity contribution in [2.45, 2.75) is 13.0 Å². The average Bonchev–Trinajstić information content (AvgIpc) is 3.12. The van der Waals surface area contributed by atoms with E-state index in [0.29, 0.717) is 23.2 Å². The number of anilines is 1. The van der Waals surface area contributed by atoms with Gasteiger partial charge in [-0.3, -0.25) is 9.59 Å². The van der Waals surface area contributed by atoms with Crippen LogP contribution in [0, 0.1) is 5.92 Å². The topological polar surface area (TPSA) is 62.3 Å². The van der Waals surface area contributed by atoms with Gasteiger partial charge in [0.2, 0.25) is 11.8 Å². The maximum absolute atomic E-state index is 12.2. The first-order valence-electron chi connectivity index (χ1n) is 6.85. The lowest BCUT2D eigenvalue weighted by atomic mass is 10.1. The highest BCUT2D eigenvalue weighted by atomic mass is 35.5. The van der Waals surface area contributed by atoms with E-state index in [4.69, 9.17) is 11.6 Å². The van der Waals surface area contributed by atoms with Gasteiger partial charge >= 0.3 is 0 Å². The lowest BCUT2D eigenvalue weighted by Gasteiger charge is -2.17. The second-order valence-corrected chi connectivity index (χ2v) is 6.39. The molecule has 3 rings (SSSR count). The highest BCUT2D eigenvalue weighted by molar-refractivity contribution is 7.13. The molecule has 0 bridgehead atoms.